The van der Waals surface area contributed by atoms with Crippen LogP contribution in [0.4, 0.5) is 0 Å². The summed E-state index contributed by atoms with van der Waals surface area (Å²) in [5.74, 6) is 1.29. The molecule has 166 valence electrons. The van der Waals surface area contributed by atoms with Crippen molar-refractivity contribution in [3.05, 3.63) is 70.3 Å². The van der Waals surface area contributed by atoms with Gasteiger partial charge in [-0.1, -0.05) is 24.3 Å². The number of para-hydroxylation sites is 2. The maximum absolute atomic E-state index is 13.5. The van der Waals surface area contributed by atoms with Gasteiger partial charge in [-0.15, -0.1) is 0 Å². The van der Waals surface area contributed by atoms with Gasteiger partial charge in [0.2, 0.25) is 0 Å². The number of methoxy groups -OCH3 is 2. The molecule has 0 radical (unpaired) electrons. The molecule has 0 fully saturated rings. The summed E-state index contributed by atoms with van der Waals surface area (Å²) < 4.78 is 13.6. The standard InChI is InChI=1S/C24H22N6O3/c1-15-26-22-20(24(31)29(15)11-12-32-2)21-23(28-19-10-5-4-9-18(19)27-21)30(22)25-14-16-7-6-8-17(13-16)33-3/h4-10,13-14H,11-12H2,1-3H3/b25-14+. The molecular weight excluding hydrogens is 420 g/mol. The number of hydrogen-bond acceptors (Lipinski definition) is 7. The number of rotatable bonds is 6. The van der Waals surface area contributed by atoms with E-state index in [1.165, 1.54) is 0 Å². The summed E-state index contributed by atoms with van der Waals surface area (Å²) in [7, 11) is 3.22. The minimum atomic E-state index is -0.195. The van der Waals surface area contributed by atoms with Crippen molar-refractivity contribution in [1.29, 1.82) is 0 Å². The van der Waals surface area contributed by atoms with Crippen LogP contribution >= 0.6 is 0 Å². The molecule has 0 N–H and O–H groups in total. The quantitative estimate of drug-likeness (QED) is 0.375. The molecule has 0 aliphatic rings. The van der Waals surface area contributed by atoms with Gasteiger partial charge in [0.25, 0.3) is 5.56 Å². The van der Waals surface area contributed by atoms with E-state index < -0.39 is 0 Å². The van der Waals surface area contributed by atoms with Crippen LogP contribution in [0.25, 0.3) is 33.2 Å². The van der Waals surface area contributed by atoms with E-state index in [1.54, 1.807) is 36.6 Å². The third-order valence-corrected chi connectivity index (χ3v) is 5.47. The van der Waals surface area contributed by atoms with Crippen molar-refractivity contribution in [2.24, 2.45) is 5.10 Å². The van der Waals surface area contributed by atoms with Gasteiger partial charge >= 0.3 is 0 Å². The SMILES string of the molecule is COCCn1c(C)nc2c(c1=O)c1nc3ccccc3nc1n2/N=C/c1cccc(OC)c1. The monoisotopic (exact) mass is 442 g/mol. The number of fused-ring (bicyclic) bond motifs is 4. The number of aryl methyl sites for hydroxylation is 1. The minimum absolute atomic E-state index is 0.195. The van der Waals surface area contributed by atoms with Crippen LogP contribution in [0.3, 0.4) is 0 Å². The van der Waals surface area contributed by atoms with Gasteiger partial charge in [-0.2, -0.15) is 9.78 Å². The molecule has 0 amide bonds. The smallest absolute Gasteiger partial charge is 0.265 e. The van der Waals surface area contributed by atoms with Crippen molar-refractivity contribution in [3.8, 4) is 5.75 Å². The van der Waals surface area contributed by atoms with E-state index in [2.05, 4.69) is 5.10 Å². The molecule has 0 atom stereocenters. The Hall–Kier alpha value is -4.11. The predicted octanol–water partition coefficient (Wildman–Crippen LogP) is 3.14. The predicted molar refractivity (Wildman–Crippen MR) is 127 cm³/mol. The van der Waals surface area contributed by atoms with Gasteiger partial charge in [0.15, 0.2) is 11.3 Å². The Kier molecular flexibility index (Phi) is 5.31. The summed E-state index contributed by atoms with van der Waals surface area (Å²) >= 11 is 0. The summed E-state index contributed by atoms with van der Waals surface area (Å²) in [5, 5.41) is 5.03. The molecule has 0 saturated heterocycles. The Morgan fingerprint density at radius 3 is 2.55 bits per heavy atom. The first-order chi connectivity index (χ1) is 16.1. The molecule has 0 aliphatic heterocycles. The van der Waals surface area contributed by atoms with Gasteiger partial charge in [0.1, 0.15) is 22.5 Å². The molecule has 3 aromatic heterocycles. The Balaban J connectivity index is 1.81. The lowest BCUT2D eigenvalue weighted by Crippen LogP contribution is -2.25. The van der Waals surface area contributed by atoms with E-state index in [4.69, 9.17) is 24.4 Å². The number of benzene rings is 2. The van der Waals surface area contributed by atoms with E-state index in [0.29, 0.717) is 52.2 Å². The van der Waals surface area contributed by atoms with Crippen LogP contribution in [0.2, 0.25) is 0 Å². The lowest BCUT2D eigenvalue weighted by atomic mass is 10.2. The maximum Gasteiger partial charge on any atom is 0.265 e. The van der Waals surface area contributed by atoms with E-state index in [9.17, 15) is 4.79 Å². The molecule has 3 heterocycles. The molecule has 9 heteroatoms. The second-order valence-electron chi connectivity index (χ2n) is 7.52. The zero-order valence-electron chi connectivity index (χ0n) is 18.5. The van der Waals surface area contributed by atoms with Gasteiger partial charge < -0.3 is 9.47 Å². The minimum Gasteiger partial charge on any atom is -0.497 e. The second kappa shape index (κ2) is 8.44. The lowest BCUT2D eigenvalue weighted by Gasteiger charge is -2.08. The summed E-state index contributed by atoms with van der Waals surface area (Å²) in [6.45, 7) is 2.59. The zero-order valence-corrected chi connectivity index (χ0v) is 18.5. The van der Waals surface area contributed by atoms with Crippen molar-refractivity contribution < 1.29 is 9.47 Å². The Morgan fingerprint density at radius 2 is 1.79 bits per heavy atom. The highest BCUT2D eigenvalue weighted by Gasteiger charge is 2.21. The third kappa shape index (κ3) is 3.62. The molecule has 2 aromatic carbocycles. The zero-order chi connectivity index (χ0) is 22.9. The number of aromatic nitrogens is 5. The fraction of sp³-hybridized carbons (Fsp3) is 0.208. The average molecular weight is 442 g/mol. The van der Waals surface area contributed by atoms with E-state index in [1.807, 2.05) is 48.5 Å². The lowest BCUT2D eigenvalue weighted by molar-refractivity contribution is 0.185. The maximum atomic E-state index is 13.5. The van der Waals surface area contributed by atoms with E-state index in [0.717, 1.165) is 11.3 Å². The van der Waals surface area contributed by atoms with Gasteiger partial charge in [0.05, 0.1) is 37.5 Å². The third-order valence-electron chi connectivity index (χ3n) is 5.47. The summed E-state index contributed by atoms with van der Waals surface area (Å²) in [6.07, 6.45) is 1.69. The number of nitrogens with zero attached hydrogens (tertiary/aromatic N) is 6. The Morgan fingerprint density at radius 1 is 1.00 bits per heavy atom. The first-order valence-corrected chi connectivity index (χ1v) is 10.5. The molecule has 5 rings (SSSR count). The van der Waals surface area contributed by atoms with Crippen molar-refractivity contribution in [1.82, 2.24) is 24.2 Å². The van der Waals surface area contributed by atoms with Gasteiger partial charge in [-0.05, 0) is 36.8 Å². The molecule has 0 bridgehead atoms. The highest BCUT2D eigenvalue weighted by Crippen LogP contribution is 2.25. The van der Waals surface area contributed by atoms with Gasteiger partial charge in [0, 0.05) is 7.11 Å². The normalized spacial score (nSPS) is 11.8. The second-order valence-corrected chi connectivity index (χ2v) is 7.52. The van der Waals surface area contributed by atoms with E-state index >= 15 is 0 Å². The molecule has 33 heavy (non-hydrogen) atoms. The Bertz CT molecular complexity index is 1580. The fourth-order valence-electron chi connectivity index (χ4n) is 3.82. The first kappa shape index (κ1) is 20.8. The van der Waals surface area contributed by atoms with Crippen LogP contribution in [0, 0.1) is 6.92 Å². The van der Waals surface area contributed by atoms with Crippen LogP contribution in [-0.2, 0) is 11.3 Å². The summed E-state index contributed by atoms with van der Waals surface area (Å²) in [4.78, 5) is 27.7. The van der Waals surface area contributed by atoms with Crippen LogP contribution in [-0.4, -0.2) is 51.2 Å². The van der Waals surface area contributed by atoms with Crippen LogP contribution in [0.1, 0.15) is 11.4 Å². The molecule has 0 unspecified atom stereocenters. The highest BCUT2D eigenvalue weighted by atomic mass is 16.5. The number of ether oxygens (including phenoxy) is 2. The van der Waals surface area contributed by atoms with Crippen LogP contribution in [0.5, 0.6) is 5.75 Å². The molecule has 9 nitrogen and oxygen atoms in total. The van der Waals surface area contributed by atoms with Crippen molar-refractivity contribution in [3.63, 3.8) is 0 Å². The van der Waals surface area contributed by atoms with Gasteiger partial charge in [-0.25, -0.2) is 15.0 Å². The average Bonchev–Trinajstić information content (AvgIpc) is 3.13. The van der Waals surface area contributed by atoms with E-state index in [-0.39, 0.29) is 5.56 Å². The van der Waals surface area contributed by atoms with Crippen LogP contribution in [0.15, 0.2) is 58.4 Å². The van der Waals surface area contributed by atoms with Crippen LogP contribution < -0.4 is 10.3 Å². The van der Waals surface area contributed by atoms with Gasteiger partial charge in [-0.3, -0.25) is 9.36 Å². The largest absolute Gasteiger partial charge is 0.497 e. The first-order valence-electron chi connectivity index (χ1n) is 10.5. The summed E-state index contributed by atoms with van der Waals surface area (Å²) in [6, 6.07) is 15.1. The number of hydrogen-bond donors (Lipinski definition) is 0. The van der Waals surface area contributed by atoms with Crippen molar-refractivity contribution in [2.45, 2.75) is 13.5 Å². The molecule has 0 spiro atoms. The molecule has 0 aliphatic carbocycles. The van der Waals surface area contributed by atoms with Crippen molar-refractivity contribution in [2.75, 3.05) is 20.8 Å². The van der Waals surface area contributed by atoms with Crippen molar-refractivity contribution >= 4 is 39.4 Å². The highest BCUT2D eigenvalue weighted by molar-refractivity contribution is 6.05. The molecule has 5 aromatic rings. The topological polar surface area (TPSA) is 96.4 Å². The summed E-state index contributed by atoms with van der Waals surface area (Å²) in [5.41, 5.74) is 3.40. The fourth-order valence-corrected chi connectivity index (χ4v) is 3.82. The Labute approximate surface area is 188 Å². The molecule has 0 saturated carbocycles. The molecular formula is C24H22N6O3.